The highest BCUT2D eigenvalue weighted by Crippen LogP contribution is 2.14. The molecule has 1 heterocycles. The van der Waals surface area contributed by atoms with E-state index in [1.165, 1.54) is 29.8 Å². The minimum atomic E-state index is -3.23. The van der Waals surface area contributed by atoms with Gasteiger partial charge in [0, 0.05) is 29.9 Å². The molecule has 4 nitrogen and oxygen atoms in total. The number of benzene rings is 1. The number of amides is 1. The van der Waals surface area contributed by atoms with Crippen LogP contribution in [0.15, 0.2) is 46.0 Å². The van der Waals surface area contributed by atoms with E-state index in [9.17, 15) is 13.2 Å². The van der Waals surface area contributed by atoms with Crippen LogP contribution in [-0.2, 0) is 15.6 Å². The zero-order chi connectivity index (χ0) is 16.0. The molecule has 0 bridgehead atoms. The SMILES string of the molecule is CS(=O)(=O)c1ccc(C(=O)NCCSCc2ccsc2)cc1. The molecule has 0 radical (unpaired) electrons. The Labute approximate surface area is 138 Å². The van der Waals surface area contributed by atoms with Crippen LogP contribution in [0, 0.1) is 0 Å². The van der Waals surface area contributed by atoms with Gasteiger partial charge in [-0.25, -0.2) is 8.42 Å². The van der Waals surface area contributed by atoms with E-state index >= 15 is 0 Å². The summed E-state index contributed by atoms with van der Waals surface area (Å²) in [6.45, 7) is 0.585. The first-order valence-electron chi connectivity index (χ1n) is 6.64. The van der Waals surface area contributed by atoms with Crippen molar-refractivity contribution in [3.63, 3.8) is 0 Å². The van der Waals surface area contributed by atoms with Crippen molar-refractivity contribution in [2.75, 3.05) is 18.6 Å². The van der Waals surface area contributed by atoms with Crippen LogP contribution in [-0.4, -0.2) is 32.9 Å². The average Bonchev–Trinajstić information content (AvgIpc) is 2.99. The summed E-state index contributed by atoms with van der Waals surface area (Å²) in [6.07, 6.45) is 1.15. The summed E-state index contributed by atoms with van der Waals surface area (Å²) in [5, 5.41) is 7.00. The van der Waals surface area contributed by atoms with Gasteiger partial charge in [0.1, 0.15) is 0 Å². The van der Waals surface area contributed by atoms with E-state index < -0.39 is 9.84 Å². The van der Waals surface area contributed by atoms with Gasteiger partial charge in [0.05, 0.1) is 4.90 Å². The zero-order valence-corrected chi connectivity index (χ0v) is 14.6. The van der Waals surface area contributed by atoms with Gasteiger partial charge in [-0.3, -0.25) is 4.79 Å². The fraction of sp³-hybridized carbons (Fsp3) is 0.267. The summed E-state index contributed by atoms with van der Waals surface area (Å²) < 4.78 is 22.7. The Kier molecular flexibility index (Phi) is 6.05. The van der Waals surface area contributed by atoms with E-state index in [4.69, 9.17) is 0 Å². The molecule has 0 unspecified atom stereocenters. The quantitative estimate of drug-likeness (QED) is 0.776. The molecule has 0 aliphatic carbocycles. The molecule has 1 aromatic heterocycles. The Balaban J connectivity index is 1.75. The standard InChI is InChI=1S/C15H17NO3S3/c1-22(18,19)14-4-2-13(3-5-14)15(17)16-7-9-21-11-12-6-8-20-10-12/h2-6,8,10H,7,9,11H2,1H3,(H,16,17). The average molecular weight is 356 g/mol. The van der Waals surface area contributed by atoms with Gasteiger partial charge in [-0.05, 0) is 46.7 Å². The zero-order valence-electron chi connectivity index (χ0n) is 12.1. The van der Waals surface area contributed by atoms with Gasteiger partial charge < -0.3 is 5.32 Å². The second-order valence-electron chi connectivity index (χ2n) is 4.74. The molecule has 2 aromatic rings. The smallest absolute Gasteiger partial charge is 0.251 e. The van der Waals surface area contributed by atoms with Crippen LogP contribution in [0.2, 0.25) is 0 Å². The first-order valence-corrected chi connectivity index (χ1v) is 10.6. The molecule has 0 saturated carbocycles. The molecule has 2 rings (SSSR count). The Morgan fingerprint density at radius 2 is 1.95 bits per heavy atom. The summed E-state index contributed by atoms with van der Waals surface area (Å²) in [5.74, 6) is 1.60. The third kappa shape index (κ3) is 5.15. The molecule has 22 heavy (non-hydrogen) atoms. The van der Waals surface area contributed by atoms with Crippen LogP contribution in [0.5, 0.6) is 0 Å². The van der Waals surface area contributed by atoms with Crippen molar-refractivity contribution in [2.45, 2.75) is 10.6 Å². The van der Waals surface area contributed by atoms with Crippen molar-refractivity contribution >= 4 is 38.8 Å². The number of rotatable bonds is 7. The van der Waals surface area contributed by atoms with Gasteiger partial charge in [0.25, 0.3) is 5.91 Å². The van der Waals surface area contributed by atoms with Crippen LogP contribution in [0.3, 0.4) is 0 Å². The predicted molar refractivity (Wildman–Crippen MR) is 92.4 cm³/mol. The Bertz CT molecular complexity index is 707. The third-order valence-corrected chi connectivity index (χ3v) is 5.82. The van der Waals surface area contributed by atoms with Crippen molar-refractivity contribution in [1.82, 2.24) is 5.32 Å². The van der Waals surface area contributed by atoms with Crippen LogP contribution in [0.1, 0.15) is 15.9 Å². The van der Waals surface area contributed by atoms with Crippen LogP contribution in [0.25, 0.3) is 0 Å². The van der Waals surface area contributed by atoms with Crippen molar-refractivity contribution in [2.24, 2.45) is 0 Å². The monoisotopic (exact) mass is 355 g/mol. The summed E-state index contributed by atoms with van der Waals surface area (Å²) in [5.41, 5.74) is 1.77. The molecule has 118 valence electrons. The van der Waals surface area contributed by atoms with E-state index in [0.29, 0.717) is 12.1 Å². The van der Waals surface area contributed by atoms with E-state index in [2.05, 4.69) is 22.1 Å². The van der Waals surface area contributed by atoms with E-state index in [1.807, 2.05) is 0 Å². The number of thiophene rings is 1. The first kappa shape index (κ1) is 17.1. The van der Waals surface area contributed by atoms with Gasteiger partial charge in [-0.15, -0.1) is 0 Å². The minimum Gasteiger partial charge on any atom is -0.351 e. The van der Waals surface area contributed by atoms with Gasteiger partial charge in [-0.2, -0.15) is 23.1 Å². The molecule has 7 heteroatoms. The van der Waals surface area contributed by atoms with Crippen LogP contribution in [0.4, 0.5) is 0 Å². The maximum atomic E-state index is 11.9. The number of nitrogens with one attached hydrogen (secondary N) is 1. The Morgan fingerprint density at radius 1 is 1.23 bits per heavy atom. The summed E-state index contributed by atoms with van der Waals surface area (Å²) >= 11 is 3.45. The largest absolute Gasteiger partial charge is 0.351 e. The van der Waals surface area contributed by atoms with E-state index in [0.717, 1.165) is 17.8 Å². The minimum absolute atomic E-state index is 0.184. The molecule has 0 spiro atoms. The number of carbonyl (C=O) groups excluding carboxylic acids is 1. The normalized spacial score (nSPS) is 11.3. The Hall–Kier alpha value is -1.31. The van der Waals surface area contributed by atoms with Gasteiger partial charge >= 0.3 is 0 Å². The fourth-order valence-electron chi connectivity index (χ4n) is 1.76. The second-order valence-corrected chi connectivity index (χ2v) is 8.64. The van der Waals surface area contributed by atoms with Gasteiger partial charge in [0.15, 0.2) is 9.84 Å². The molecule has 1 amide bonds. The predicted octanol–water partition coefficient (Wildman–Crippen LogP) is 2.81. The van der Waals surface area contributed by atoms with Crippen molar-refractivity contribution in [1.29, 1.82) is 0 Å². The van der Waals surface area contributed by atoms with E-state index in [-0.39, 0.29) is 10.8 Å². The lowest BCUT2D eigenvalue weighted by atomic mass is 10.2. The number of sulfone groups is 1. The molecule has 0 saturated heterocycles. The maximum absolute atomic E-state index is 11.9. The lowest BCUT2D eigenvalue weighted by Gasteiger charge is -2.06. The highest BCUT2D eigenvalue weighted by atomic mass is 32.2. The molecule has 0 atom stereocenters. The summed E-state index contributed by atoms with van der Waals surface area (Å²) in [7, 11) is -3.23. The molecule has 0 aliphatic rings. The molecule has 1 aromatic carbocycles. The molecular formula is C15H17NO3S3. The topological polar surface area (TPSA) is 63.2 Å². The number of hydrogen-bond donors (Lipinski definition) is 1. The summed E-state index contributed by atoms with van der Waals surface area (Å²) in [4.78, 5) is 12.1. The first-order chi connectivity index (χ1) is 10.5. The van der Waals surface area contributed by atoms with Gasteiger partial charge in [-0.1, -0.05) is 0 Å². The molecule has 1 N–H and O–H groups in total. The van der Waals surface area contributed by atoms with Gasteiger partial charge in [0.2, 0.25) is 0 Å². The second kappa shape index (κ2) is 7.80. The number of thioether (sulfide) groups is 1. The highest BCUT2D eigenvalue weighted by molar-refractivity contribution is 7.98. The lowest BCUT2D eigenvalue weighted by Crippen LogP contribution is -2.25. The highest BCUT2D eigenvalue weighted by Gasteiger charge is 2.09. The van der Waals surface area contributed by atoms with Crippen molar-refractivity contribution < 1.29 is 13.2 Å². The van der Waals surface area contributed by atoms with Crippen molar-refractivity contribution in [3.8, 4) is 0 Å². The Morgan fingerprint density at radius 3 is 2.55 bits per heavy atom. The lowest BCUT2D eigenvalue weighted by molar-refractivity contribution is 0.0956. The number of carbonyl (C=O) groups is 1. The van der Waals surface area contributed by atoms with E-state index in [1.54, 1.807) is 23.1 Å². The number of hydrogen-bond acceptors (Lipinski definition) is 5. The fourth-order valence-corrected chi connectivity index (χ4v) is 3.97. The van der Waals surface area contributed by atoms with Crippen LogP contribution >= 0.6 is 23.1 Å². The molecular weight excluding hydrogens is 338 g/mol. The molecule has 0 fully saturated rings. The van der Waals surface area contributed by atoms with Crippen molar-refractivity contribution in [3.05, 3.63) is 52.2 Å². The molecule has 0 aliphatic heterocycles. The van der Waals surface area contributed by atoms with Crippen LogP contribution < -0.4 is 5.32 Å². The maximum Gasteiger partial charge on any atom is 0.251 e. The third-order valence-electron chi connectivity index (χ3n) is 2.93. The summed E-state index contributed by atoms with van der Waals surface area (Å²) in [6, 6.07) is 8.07.